The molecular formula is C16H15ClN2O2. The maximum Gasteiger partial charge on any atom is 0.146 e. The number of hydrogen-bond donors (Lipinski definition) is 0. The molecular weight excluding hydrogens is 288 g/mol. The molecule has 108 valence electrons. The van der Waals surface area contributed by atoms with Crippen molar-refractivity contribution in [1.82, 2.24) is 9.55 Å². The summed E-state index contributed by atoms with van der Waals surface area (Å²) >= 11 is 6.06. The van der Waals surface area contributed by atoms with Gasteiger partial charge in [0.25, 0.3) is 0 Å². The molecule has 3 rings (SSSR count). The van der Waals surface area contributed by atoms with E-state index in [4.69, 9.17) is 21.1 Å². The van der Waals surface area contributed by atoms with Crippen molar-refractivity contribution in [2.24, 2.45) is 0 Å². The third kappa shape index (κ3) is 2.32. The smallest absolute Gasteiger partial charge is 0.146 e. The first-order valence-electron chi connectivity index (χ1n) is 6.53. The zero-order chi connectivity index (χ0) is 14.8. The molecule has 0 bridgehead atoms. The molecule has 2 aromatic carbocycles. The normalized spacial score (nSPS) is 10.8. The van der Waals surface area contributed by atoms with Gasteiger partial charge in [0.15, 0.2) is 0 Å². The molecule has 0 spiro atoms. The summed E-state index contributed by atoms with van der Waals surface area (Å²) in [5.74, 6) is 2.56. The third-order valence-corrected chi connectivity index (χ3v) is 3.62. The van der Waals surface area contributed by atoms with E-state index in [-0.39, 0.29) is 0 Å². The number of imidazole rings is 1. The SMILES string of the molecule is COc1ccc(-n2c(CCl)nc3ccccc32)c(OC)c1. The van der Waals surface area contributed by atoms with Crippen LogP contribution in [0, 0.1) is 0 Å². The molecule has 1 aromatic heterocycles. The molecule has 0 radical (unpaired) electrons. The molecule has 0 fully saturated rings. The summed E-state index contributed by atoms with van der Waals surface area (Å²) in [7, 11) is 3.27. The molecule has 0 N–H and O–H groups in total. The minimum Gasteiger partial charge on any atom is -0.497 e. The summed E-state index contributed by atoms with van der Waals surface area (Å²) in [4.78, 5) is 4.57. The summed E-state index contributed by atoms with van der Waals surface area (Å²) in [5, 5.41) is 0. The number of ether oxygens (including phenoxy) is 2. The van der Waals surface area contributed by atoms with Crippen molar-refractivity contribution in [3.63, 3.8) is 0 Å². The minimum atomic E-state index is 0.323. The minimum absolute atomic E-state index is 0.323. The fourth-order valence-electron chi connectivity index (χ4n) is 2.40. The lowest BCUT2D eigenvalue weighted by Gasteiger charge is -2.13. The van der Waals surface area contributed by atoms with Crippen LogP contribution in [-0.4, -0.2) is 23.8 Å². The second kappa shape index (κ2) is 5.66. The van der Waals surface area contributed by atoms with Gasteiger partial charge < -0.3 is 9.47 Å². The zero-order valence-corrected chi connectivity index (χ0v) is 12.6. The number of benzene rings is 2. The number of para-hydroxylation sites is 2. The fourth-order valence-corrected chi connectivity index (χ4v) is 2.58. The molecule has 0 saturated carbocycles. The molecule has 0 aliphatic heterocycles. The molecule has 5 heteroatoms. The number of rotatable bonds is 4. The highest BCUT2D eigenvalue weighted by molar-refractivity contribution is 6.17. The van der Waals surface area contributed by atoms with Crippen molar-refractivity contribution in [3.05, 3.63) is 48.3 Å². The first kappa shape index (κ1) is 13.8. The predicted octanol–water partition coefficient (Wildman–Crippen LogP) is 3.78. The standard InChI is InChI=1S/C16H15ClN2O2/c1-20-11-7-8-14(15(9-11)21-2)19-13-6-4-3-5-12(13)18-16(19)10-17/h3-9H,10H2,1-2H3. The first-order chi connectivity index (χ1) is 10.3. The van der Waals surface area contributed by atoms with Crippen LogP contribution in [0.3, 0.4) is 0 Å². The van der Waals surface area contributed by atoms with Gasteiger partial charge in [-0.15, -0.1) is 11.6 Å². The highest BCUT2D eigenvalue weighted by Crippen LogP contribution is 2.32. The Labute approximate surface area is 127 Å². The third-order valence-electron chi connectivity index (χ3n) is 3.38. The molecule has 0 aliphatic carbocycles. The lowest BCUT2D eigenvalue weighted by atomic mass is 10.2. The van der Waals surface area contributed by atoms with Crippen LogP contribution in [0.15, 0.2) is 42.5 Å². The van der Waals surface area contributed by atoms with Crippen molar-refractivity contribution >= 4 is 22.6 Å². The predicted molar refractivity (Wildman–Crippen MR) is 83.7 cm³/mol. The number of alkyl halides is 1. The van der Waals surface area contributed by atoms with Gasteiger partial charge in [0, 0.05) is 6.07 Å². The van der Waals surface area contributed by atoms with E-state index in [0.717, 1.165) is 28.3 Å². The van der Waals surface area contributed by atoms with Gasteiger partial charge in [-0.05, 0) is 24.3 Å². The molecule has 3 aromatic rings. The number of halogens is 1. The first-order valence-corrected chi connectivity index (χ1v) is 7.06. The van der Waals surface area contributed by atoms with Gasteiger partial charge >= 0.3 is 0 Å². The average Bonchev–Trinajstić information content (AvgIpc) is 2.92. The highest BCUT2D eigenvalue weighted by Gasteiger charge is 2.15. The second-order valence-corrected chi connectivity index (χ2v) is 4.79. The molecule has 0 amide bonds. The van der Waals surface area contributed by atoms with E-state index < -0.39 is 0 Å². The quantitative estimate of drug-likeness (QED) is 0.688. The molecule has 0 unspecified atom stereocenters. The van der Waals surface area contributed by atoms with Gasteiger partial charge in [-0.2, -0.15) is 0 Å². The van der Waals surface area contributed by atoms with E-state index in [1.165, 1.54) is 0 Å². The summed E-state index contributed by atoms with van der Waals surface area (Å²) in [5.41, 5.74) is 2.80. The van der Waals surface area contributed by atoms with E-state index in [0.29, 0.717) is 11.6 Å². The van der Waals surface area contributed by atoms with Crippen molar-refractivity contribution in [2.45, 2.75) is 5.88 Å². The van der Waals surface area contributed by atoms with Crippen LogP contribution in [0.4, 0.5) is 0 Å². The number of hydrogen-bond acceptors (Lipinski definition) is 3. The molecule has 1 heterocycles. The maximum atomic E-state index is 6.06. The molecule has 0 aliphatic rings. The Morgan fingerprint density at radius 1 is 1.10 bits per heavy atom. The molecule has 21 heavy (non-hydrogen) atoms. The summed E-state index contributed by atoms with van der Waals surface area (Å²) in [6, 6.07) is 13.6. The maximum absolute atomic E-state index is 6.06. The Bertz CT molecular complexity index is 783. The molecule has 0 saturated heterocycles. The van der Waals surface area contributed by atoms with Crippen molar-refractivity contribution in [3.8, 4) is 17.2 Å². The number of nitrogens with zero attached hydrogens (tertiary/aromatic N) is 2. The van der Waals surface area contributed by atoms with Crippen LogP contribution in [-0.2, 0) is 5.88 Å². The van der Waals surface area contributed by atoms with E-state index >= 15 is 0 Å². The Morgan fingerprint density at radius 2 is 1.90 bits per heavy atom. The second-order valence-electron chi connectivity index (χ2n) is 4.52. The monoisotopic (exact) mass is 302 g/mol. The fraction of sp³-hybridized carbons (Fsp3) is 0.188. The Kier molecular flexibility index (Phi) is 3.71. The number of methoxy groups -OCH3 is 2. The highest BCUT2D eigenvalue weighted by atomic mass is 35.5. The Balaban J connectivity index is 2.29. The topological polar surface area (TPSA) is 36.3 Å². The summed E-state index contributed by atoms with van der Waals surface area (Å²) < 4.78 is 12.7. The molecule has 4 nitrogen and oxygen atoms in total. The number of fused-ring (bicyclic) bond motifs is 1. The van der Waals surface area contributed by atoms with E-state index in [2.05, 4.69) is 4.98 Å². The van der Waals surface area contributed by atoms with Gasteiger partial charge in [0.2, 0.25) is 0 Å². The van der Waals surface area contributed by atoms with E-state index in [9.17, 15) is 0 Å². The number of aromatic nitrogens is 2. The van der Waals surface area contributed by atoms with Crippen LogP contribution in [0.2, 0.25) is 0 Å². The van der Waals surface area contributed by atoms with Crippen LogP contribution >= 0.6 is 11.6 Å². The van der Waals surface area contributed by atoms with Gasteiger partial charge in [-0.25, -0.2) is 4.98 Å². The van der Waals surface area contributed by atoms with Crippen LogP contribution < -0.4 is 9.47 Å². The van der Waals surface area contributed by atoms with Crippen LogP contribution in [0.1, 0.15) is 5.82 Å². The average molecular weight is 303 g/mol. The van der Waals surface area contributed by atoms with Crippen LogP contribution in [0.5, 0.6) is 11.5 Å². The van der Waals surface area contributed by atoms with Gasteiger partial charge in [-0.1, -0.05) is 12.1 Å². The lowest BCUT2D eigenvalue weighted by Crippen LogP contribution is -2.02. The lowest BCUT2D eigenvalue weighted by molar-refractivity contribution is 0.393. The van der Waals surface area contributed by atoms with Gasteiger partial charge in [0.1, 0.15) is 17.3 Å². The van der Waals surface area contributed by atoms with Gasteiger partial charge in [0.05, 0.1) is 36.8 Å². The zero-order valence-electron chi connectivity index (χ0n) is 11.8. The van der Waals surface area contributed by atoms with Crippen molar-refractivity contribution in [1.29, 1.82) is 0 Å². The van der Waals surface area contributed by atoms with E-state index in [1.54, 1.807) is 14.2 Å². The Morgan fingerprint density at radius 3 is 2.62 bits per heavy atom. The van der Waals surface area contributed by atoms with Crippen molar-refractivity contribution < 1.29 is 9.47 Å². The Hall–Kier alpha value is -2.20. The van der Waals surface area contributed by atoms with E-state index in [1.807, 2.05) is 47.0 Å². The van der Waals surface area contributed by atoms with Crippen molar-refractivity contribution in [2.75, 3.05) is 14.2 Å². The van der Waals surface area contributed by atoms with Gasteiger partial charge in [-0.3, -0.25) is 4.57 Å². The molecule has 0 atom stereocenters. The summed E-state index contributed by atoms with van der Waals surface area (Å²) in [6.45, 7) is 0. The largest absolute Gasteiger partial charge is 0.497 e. The van der Waals surface area contributed by atoms with Crippen LogP contribution in [0.25, 0.3) is 16.7 Å². The summed E-state index contributed by atoms with van der Waals surface area (Å²) in [6.07, 6.45) is 0.